The number of methoxy groups -OCH3 is 1. The summed E-state index contributed by atoms with van der Waals surface area (Å²) in [7, 11) is 5.66. The number of hydrogen-bond acceptors (Lipinski definition) is 5. The van der Waals surface area contributed by atoms with Crippen molar-refractivity contribution in [2.24, 2.45) is 0 Å². The zero-order chi connectivity index (χ0) is 19.2. The highest BCUT2D eigenvalue weighted by molar-refractivity contribution is 7.15. The van der Waals surface area contributed by atoms with E-state index < -0.39 is 0 Å². The van der Waals surface area contributed by atoms with E-state index in [0.29, 0.717) is 11.7 Å². The van der Waals surface area contributed by atoms with Crippen molar-refractivity contribution in [1.29, 1.82) is 0 Å². The van der Waals surface area contributed by atoms with Crippen LogP contribution in [0.25, 0.3) is 0 Å². The van der Waals surface area contributed by atoms with Crippen LogP contribution in [0, 0.1) is 0 Å². The van der Waals surface area contributed by atoms with Crippen molar-refractivity contribution in [3.05, 3.63) is 40.4 Å². The molecule has 0 saturated carbocycles. The number of amides is 2. The highest BCUT2D eigenvalue weighted by Gasteiger charge is 2.18. The minimum absolute atomic E-state index is 0.0545. The van der Waals surface area contributed by atoms with Crippen molar-refractivity contribution < 1.29 is 9.53 Å². The number of urea groups is 1. The highest BCUT2D eigenvalue weighted by atomic mass is 32.1. The number of likely N-dealkylation sites (N-methyl/N-ethyl adjacent to an activating group) is 1. The topological polar surface area (TPSA) is 66.5 Å². The Labute approximate surface area is 164 Å². The lowest BCUT2D eigenvalue weighted by atomic mass is 10.1. The van der Waals surface area contributed by atoms with Crippen LogP contribution < -0.4 is 15.4 Å². The van der Waals surface area contributed by atoms with E-state index in [1.54, 1.807) is 18.4 Å². The van der Waals surface area contributed by atoms with Crippen molar-refractivity contribution in [3.63, 3.8) is 0 Å². The standard InChI is InChI=1S/C20H28N4O2S/c1-24(2)17(14-8-7-9-15(12-14)26-3)13-21-19(25)23-20-22-16-10-5-4-6-11-18(16)27-20/h7-9,12,17H,4-6,10-11,13H2,1-3H3,(H2,21,22,23,25). The second-order valence-corrected chi connectivity index (χ2v) is 8.12. The number of nitrogens with zero attached hydrogens (tertiary/aromatic N) is 2. The number of thiazole rings is 1. The molecule has 1 atom stereocenters. The quantitative estimate of drug-likeness (QED) is 0.738. The molecule has 0 bridgehead atoms. The molecule has 0 radical (unpaired) electrons. The third-order valence-electron chi connectivity index (χ3n) is 4.87. The van der Waals surface area contributed by atoms with E-state index >= 15 is 0 Å². The zero-order valence-electron chi connectivity index (χ0n) is 16.2. The Balaban J connectivity index is 1.59. The first-order valence-electron chi connectivity index (χ1n) is 9.40. The summed E-state index contributed by atoms with van der Waals surface area (Å²) >= 11 is 1.61. The molecule has 2 amide bonds. The van der Waals surface area contributed by atoms with Gasteiger partial charge in [0.25, 0.3) is 0 Å². The van der Waals surface area contributed by atoms with Gasteiger partial charge >= 0.3 is 6.03 Å². The summed E-state index contributed by atoms with van der Waals surface area (Å²) in [6.07, 6.45) is 5.77. The Morgan fingerprint density at radius 3 is 2.89 bits per heavy atom. The van der Waals surface area contributed by atoms with Gasteiger partial charge in [-0.05, 0) is 57.5 Å². The number of rotatable bonds is 6. The van der Waals surface area contributed by atoms with Crippen molar-refractivity contribution in [2.75, 3.05) is 33.1 Å². The number of aromatic nitrogens is 1. The van der Waals surface area contributed by atoms with Crippen molar-refractivity contribution in [2.45, 2.75) is 38.1 Å². The molecule has 146 valence electrons. The maximum Gasteiger partial charge on any atom is 0.321 e. The summed E-state index contributed by atoms with van der Waals surface area (Å²) < 4.78 is 5.31. The summed E-state index contributed by atoms with van der Waals surface area (Å²) in [6.45, 7) is 0.497. The summed E-state index contributed by atoms with van der Waals surface area (Å²) in [6, 6.07) is 7.77. The fourth-order valence-corrected chi connectivity index (χ4v) is 4.41. The lowest BCUT2D eigenvalue weighted by Gasteiger charge is -2.25. The number of carbonyl (C=O) groups is 1. The van der Waals surface area contributed by atoms with Gasteiger partial charge < -0.3 is 15.0 Å². The molecule has 0 saturated heterocycles. The van der Waals surface area contributed by atoms with Crippen LogP contribution in [0.4, 0.5) is 9.93 Å². The Kier molecular flexibility index (Phi) is 6.68. The number of hydrogen-bond donors (Lipinski definition) is 2. The smallest absolute Gasteiger partial charge is 0.321 e. The van der Waals surface area contributed by atoms with Gasteiger partial charge in [0.05, 0.1) is 18.8 Å². The molecule has 0 spiro atoms. The Bertz CT molecular complexity index is 752. The summed E-state index contributed by atoms with van der Waals surface area (Å²) in [4.78, 5) is 20.4. The monoisotopic (exact) mass is 388 g/mol. The second kappa shape index (κ2) is 9.19. The summed E-state index contributed by atoms with van der Waals surface area (Å²) in [5.41, 5.74) is 2.26. The minimum Gasteiger partial charge on any atom is -0.497 e. The van der Waals surface area contributed by atoms with Crippen LogP contribution in [0.5, 0.6) is 5.75 Å². The molecular formula is C20H28N4O2S. The zero-order valence-corrected chi connectivity index (χ0v) is 17.1. The van der Waals surface area contributed by atoms with E-state index in [1.165, 1.54) is 24.1 Å². The third-order valence-corrected chi connectivity index (χ3v) is 5.95. The van der Waals surface area contributed by atoms with E-state index in [-0.39, 0.29) is 12.1 Å². The number of fused-ring (bicyclic) bond motifs is 1. The second-order valence-electron chi connectivity index (χ2n) is 7.04. The number of aryl methyl sites for hydroxylation is 2. The lowest BCUT2D eigenvalue weighted by Crippen LogP contribution is -2.36. The van der Waals surface area contributed by atoms with Crippen LogP contribution in [-0.2, 0) is 12.8 Å². The van der Waals surface area contributed by atoms with Crippen LogP contribution in [0.3, 0.4) is 0 Å². The van der Waals surface area contributed by atoms with Gasteiger partial charge in [-0.2, -0.15) is 0 Å². The highest BCUT2D eigenvalue weighted by Crippen LogP contribution is 2.29. The maximum atomic E-state index is 12.4. The number of nitrogens with one attached hydrogen (secondary N) is 2. The molecule has 1 aliphatic rings. The van der Waals surface area contributed by atoms with Crippen LogP contribution >= 0.6 is 11.3 Å². The molecule has 1 aromatic heterocycles. The van der Waals surface area contributed by atoms with Gasteiger partial charge in [0.1, 0.15) is 5.75 Å². The Morgan fingerprint density at radius 2 is 2.11 bits per heavy atom. The largest absolute Gasteiger partial charge is 0.497 e. The average Bonchev–Trinajstić information content (AvgIpc) is 2.89. The van der Waals surface area contributed by atoms with Gasteiger partial charge in [-0.1, -0.05) is 18.6 Å². The predicted molar refractivity (Wildman–Crippen MR) is 110 cm³/mol. The molecule has 7 heteroatoms. The average molecular weight is 389 g/mol. The van der Waals surface area contributed by atoms with Gasteiger partial charge in [0.2, 0.25) is 0 Å². The fraction of sp³-hybridized carbons (Fsp3) is 0.500. The van der Waals surface area contributed by atoms with E-state index in [2.05, 4.69) is 20.5 Å². The molecule has 3 rings (SSSR count). The van der Waals surface area contributed by atoms with Gasteiger partial charge in [0, 0.05) is 11.4 Å². The number of anilines is 1. The van der Waals surface area contributed by atoms with Crippen LogP contribution in [0.2, 0.25) is 0 Å². The van der Waals surface area contributed by atoms with Crippen LogP contribution in [-0.4, -0.2) is 43.7 Å². The molecule has 0 fully saturated rings. The van der Waals surface area contributed by atoms with Crippen molar-refractivity contribution in [1.82, 2.24) is 15.2 Å². The molecule has 1 heterocycles. The summed E-state index contributed by atoms with van der Waals surface area (Å²) in [5, 5.41) is 6.57. The van der Waals surface area contributed by atoms with Crippen molar-refractivity contribution in [3.8, 4) is 5.75 Å². The van der Waals surface area contributed by atoms with Crippen LogP contribution in [0.1, 0.15) is 41.4 Å². The van der Waals surface area contributed by atoms with Gasteiger partial charge in [-0.15, -0.1) is 11.3 Å². The molecule has 1 aromatic carbocycles. The van der Waals surface area contributed by atoms with E-state index in [0.717, 1.165) is 29.8 Å². The van der Waals surface area contributed by atoms with Gasteiger partial charge in [0.15, 0.2) is 5.13 Å². The molecule has 2 N–H and O–H groups in total. The number of ether oxygens (including phenoxy) is 1. The first-order chi connectivity index (χ1) is 13.1. The fourth-order valence-electron chi connectivity index (χ4n) is 3.36. The summed E-state index contributed by atoms with van der Waals surface area (Å²) in [5.74, 6) is 0.813. The number of benzene rings is 1. The minimum atomic E-state index is -0.214. The SMILES string of the molecule is COc1cccc(C(CNC(=O)Nc2nc3c(s2)CCCCC3)N(C)C)c1. The van der Waals surface area contributed by atoms with E-state index in [1.807, 2.05) is 38.4 Å². The molecular weight excluding hydrogens is 360 g/mol. The molecule has 1 unspecified atom stereocenters. The molecule has 27 heavy (non-hydrogen) atoms. The first-order valence-corrected chi connectivity index (χ1v) is 10.2. The Hall–Kier alpha value is -2.12. The normalized spacial score (nSPS) is 15.0. The molecule has 0 aliphatic heterocycles. The van der Waals surface area contributed by atoms with E-state index in [4.69, 9.17) is 4.74 Å². The number of carbonyl (C=O) groups excluding carboxylic acids is 1. The predicted octanol–water partition coefficient (Wildman–Crippen LogP) is 3.85. The van der Waals surface area contributed by atoms with Gasteiger partial charge in [-0.3, -0.25) is 5.32 Å². The first kappa shape index (κ1) is 19.6. The lowest BCUT2D eigenvalue weighted by molar-refractivity contribution is 0.243. The molecule has 2 aromatic rings. The molecule has 6 nitrogen and oxygen atoms in total. The van der Waals surface area contributed by atoms with Crippen molar-refractivity contribution >= 4 is 22.5 Å². The van der Waals surface area contributed by atoms with Gasteiger partial charge in [-0.25, -0.2) is 9.78 Å². The van der Waals surface area contributed by atoms with E-state index in [9.17, 15) is 4.79 Å². The maximum absolute atomic E-state index is 12.4. The van der Waals surface area contributed by atoms with Crippen LogP contribution in [0.15, 0.2) is 24.3 Å². The third kappa shape index (κ3) is 5.20. The Morgan fingerprint density at radius 1 is 1.30 bits per heavy atom. The molecule has 1 aliphatic carbocycles.